The van der Waals surface area contributed by atoms with Gasteiger partial charge in [0.1, 0.15) is 6.10 Å². The fourth-order valence-corrected chi connectivity index (χ4v) is 4.33. The summed E-state index contributed by atoms with van der Waals surface area (Å²) in [7, 11) is 0. The summed E-state index contributed by atoms with van der Waals surface area (Å²) in [6.07, 6.45) is 13.1. The first-order valence-electron chi connectivity index (χ1n) is 11.7. The highest BCUT2D eigenvalue weighted by Gasteiger charge is 2.42. The second-order valence-corrected chi connectivity index (χ2v) is 8.60. The molecule has 0 aromatic rings. The van der Waals surface area contributed by atoms with E-state index in [4.69, 9.17) is 14.6 Å². The van der Waals surface area contributed by atoms with Crippen LogP contribution in [0.25, 0.3) is 0 Å². The molecule has 1 heterocycles. The van der Waals surface area contributed by atoms with E-state index in [0.717, 1.165) is 57.8 Å². The number of Topliss-reactive ketones (excluding diaryl/α,β-unsaturated/α-hetero) is 1. The maximum absolute atomic E-state index is 13.0. The van der Waals surface area contributed by atoms with Crippen LogP contribution in [0.1, 0.15) is 90.4 Å². The van der Waals surface area contributed by atoms with Gasteiger partial charge >= 0.3 is 5.97 Å². The molecule has 6 heteroatoms. The van der Waals surface area contributed by atoms with Crippen LogP contribution in [0, 0.1) is 11.8 Å². The molecule has 0 aromatic carbocycles. The SMILES string of the molecule is CCCCC(=O)C=CC1CC(OC2CCCCO2)C(=O)C1CCCCCCC(=O)O. The van der Waals surface area contributed by atoms with E-state index >= 15 is 0 Å². The first-order chi connectivity index (χ1) is 14.5. The Morgan fingerprint density at radius 3 is 2.63 bits per heavy atom. The fraction of sp³-hybridized carbons (Fsp3) is 0.792. The highest BCUT2D eigenvalue weighted by molar-refractivity contribution is 5.91. The van der Waals surface area contributed by atoms with Crippen molar-refractivity contribution in [3.63, 3.8) is 0 Å². The van der Waals surface area contributed by atoms with Crippen molar-refractivity contribution in [1.29, 1.82) is 0 Å². The number of carboxylic acid groups (broad SMARTS) is 1. The molecule has 2 fully saturated rings. The van der Waals surface area contributed by atoms with Gasteiger partial charge in [0, 0.05) is 25.4 Å². The maximum Gasteiger partial charge on any atom is 0.303 e. The number of carbonyl (C=O) groups is 3. The van der Waals surface area contributed by atoms with E-state index in [1.54, 1.807) is 6.08 Å². The van der Waals surface area contributed by atoms with Crippen LogP contribution >= 0.6 is 0 Å². The molecule has 0 amide bonds. The second-order valence-electron chi connectivity index (χ2n) is 8.60. The average Bonchev–Trinajstić information content (AvgIpc) is 3.02. The summed E-state index contributed by atoms with van der Waals surface area (Å²) in [5.74, 6) is -0.616. The normalized spacial score (nSPS) is 27.0. The molecule has 0 radical (unpaired) electrons. The number of carbonyl (C=O) groups excluding carboxylic acids is 2. The Kier molecular flexibility index (Phi) is 11.3. The minimum atomic E-state index is -0.760. The van der Waals surface area contributed by atoms with Gasteiger partial charge < -0.3 is 14.6 Å². The third-order valence-corrected chi connectivity index (χ3v) is 6.10. The molecule has 0 spiro atoms. The molecular formula is C24H38O6. The van der Waals surface area contributed by atoms with Crippen molar-refractivity contribution in [3.8, 4) is 0 Å². The average molecular weight is 423 g/mol. The first-order valence-corrected chi connectivity index (χ1v) is 11.7. The van der Waals surface area contributed by atoms with Crippen LogP contribution in [0.4, 0.5) is 0 Å². The lowest BCUT2D eigenvalue weighted by atomic mass is 9.89. The molecule has 2 rings (SSSR count). The molecule has 1 N–H and O–H groups in total. The summed E-state index contributed by atoms with van der Waals surface area (Å²) >= 11 is 0. The molecule has 0 bridgehead atoms. The topological polar surface area (TPSA) is 89.9 Å². The Morgan fingerprint density at radius 2 is 1.93 bits per heavy atom. The zero-order valence-corrected chi connectivity index (χ0v) is 18.4. The quantitative estimate of drug-likeness (QED) is 0.318. The standard InChI is InChI=1S/C24H38O6/c1-2-3-10-19(25)15-14-18-17-21(30-23-13-8-9-16-29-23)24(28)20(18)11-6-4-5-7-12-22(26)27/h14-15,18,20-21,23H,2-13,16-17H2,1H3,(H,26,27). The minimum absolute atomic E-state index is 0.0238. The summed E-state index contributed by atoms with van der Waals surface area (Å²) in [6, 6.07) is 0. The molecule has 0 aromatic heterocycles. The molecule has 4 atom stereocenters. The summed E-state index contributed by atoms with van der Waals surface area (Å²) in [6.45, 7) is 2.75. The van der Waals surface area contributed by atoms with Gasteiger partial charge in [-0.05, 0) is 56.9 Å². The van der Waals surface area contributed by atoms with Gasteiger partial charge in [0.15, 0.2) is 17.9 Å². The van der Waals surface area contributed by atoms with Crippen molar-refractivity contribution in [3.05, 3.63) is 12.2 Å². The zero-order chi connectivity index (χ0) is 21.8. The van der Waals surface area contributed by atoms with Crippen molar-refractivity contribution in [2.45, 2.75) is 103 Å². The van der Waals surface area contributed by atoms with Crippen molar-refractivity contribution in [2.75, 3.05) is 6.61 Å². The molecule has 170 valence electrons. The van der Waals surface area contributed by atoms with Gasteiger partial charge in [-0.3, -0.25) is 14.4 Å². The number of ketones is 2. The highest BCUT2D eigenvalue weighted by atomic mass is 16.7. The molecule has 30 heavy (non-hydrogen) atoms. The van der Waals surface area contributed by atoms with E-state index in [0.29, 0.717) is 25.9 Å². The first kappa shape index (κ1) is 24.7. The number of ether oxygens (including phenoxy) is 2. The molecular weight excluding hydrogens is 384 g/mol. The summed E-state index contributed by atoms with van der Waals surface area (Å²) < 4.78 is 11.7. The van der Waals surface area contributed by atoms with Crippen LogP contribution in [0.3, 0.4) is 0 Å². The third-order valence-electron chi connectivity index (χ3n) is 6.10. The van der Waals surface area contributed by atoms with E-state index < -0.39 is 12.1 Å². The lowest BCUT2D eigenvalue weighted by Gasteiger charge is -2.25. The lowest BCUT2D eigenvalue weighted by molar-refractivity contribution is -0.189. The third kappa shape index (κ3) is 8.68. The van der Waals surface area contributed by atoms with E-state index in [1.165, 1.54) is 0 Å². The fourth-order valence-electron chi connectivity index (χ4n) is 4.33. The molecule has 1 saturated carbocycles. The predicted octanol–water partition coefficient (Wildman–Crippen LogP) is 4.84. The van der Waals surface area contributed by atoms with E-state index in [-0.39, 0.29) is 36.1 Å². The van der Waals surface area contributed by atoms with Crippen LogP contribution < -0.4 is 0 Å². The highest BCUT2D eigenvalue weighted by Crippen LogP contribution is 2.37. The molecule has 1 saturated heterocycles. The number of unbranched alkanes of at least 4 members (excludes halogenated alkanes) is 4. The molecule has 6 nitrogen and oxygen atoms in total. The smallest absolute Gasteiger partial charge is 0.303 e. The maximum atomic E-state index is 13.0. The predicted molar refractivity (Wildman–Crippen MR) is 114 cm³/mol. The number of allylic oxidation sites excluding steroid dienone is 2. The number of rotatable bonds is 14. The zero-order valence-electron chi connectivity index (χ0n) is 18.4. The van der Waals surface area contributed by atoms with Crippen molar-refractivity contribution in [1.82, 2.24) is 0 Å². The second kappa shape index (κ2) is 13.7. The number of aliphatic carboxylic acids is 1. The van der Waals surface area contributed by atoms with Gasteiger partial charge in [0.2, 0.25) is 0 Å². The Balaban J connectivity index is 1.89. The van der Waals surface area contributed by atoms with Crippen LogP contribution in [0.2, 0.25) is 0 Å². The van der Waals surface area contributed by atoms with Gasteiger partial charge in [0.25, 0.3) is 0 Å². The number of carboxylic acids is 1. The minimum Gasteiger partial charge on any atom is -0.481 e. The summed E-state index contributed by atoms with van der Waals surface area (Å²) in [5.41, 5.74) is 0. The lowest BCUT2D eigenvalue weighted by Crippen LogP contribution is -2.31. The van der Waals surface area contributed by atoms with E-state index in [2.05, 4.69) is 6.92 Å². The Morgan fingerprint density at radius 1 is 1.13 bits per heavy atom. The van der Waals surface area contributed by atoms with Crippen molar-refractivity contribution >= 4 is 17.5 Å². The molecule has 1 aliphatic heterocycles. The molecule has 2 aliphatic rings. The largest absolute Gasteiger partial charge is 0.481 e. The van der Waals surface area contributed by atoms with Crippen LogP contribution in [-0.2, 0) is 23.9 Å². The summed E-state index contributed by atoms with van der Waals surface area (Å²) in [5, 5.41) is 8.73. The van der Waals surface area contributed by atoms with Gasteiger partial charge in [-0.2, -0.15) is 0 Å². The number of hydrogen-bond donors (Lipinski definition) is 1. The number of hydrogen-bond acceptors (Lipinski definition) is 5. The Bertz CT molecular complexity index is 578. The summed E-state index contributed by atoms with van der Waals surface area (Å²) in [4.78, 5) is 35.7. The molecule has 4 unspecified atom stereocenters. The van der Waals surface area contributed by atoms with Gasteiger partial charge in [-0.1, -0.05) is 38.7 Å². The van der Waals surface area contributed by atoms with Crippen LogP contribution in [-0.4, -0.2) is 41.6 Å². The van der Waals surface area contributed by atoms with Gasteiger partial charge in [-0.15, -0.1) is 0 Å². The van der Waals surface area contributed by atoms with Crippen LogP contribution in [0.5, 0.6) is 0 Å². The van der Waals surface area contributed by atoms with Crippen molar-refractivity contribution < 1.29 is 29.0 Å². The Hall–Kier alpha value is -1.53. The van der Waals surface area contributed by atoms with Crippen LogP contribution in [0.15, 0.2) is 12.2 Å². The monoisotopic (exact) mass is 422 g/mol. The van der Waals surface area contributed by atoms with Gasteiger partial charge in [-0.25, -0.2) is 0 Å². The van der Waals surface area contributed by atoms with E-state index in [9.17, 15) is 14.4 Å². The van der Waals surface area contributed by atoms with Gasteiger partial charge in [0.05, 0.1) is 0 Å². The van der Waals surface area contributed by atoms with Crippen molar-refractivity contribution in [2.24, 2.45) is 11.8 Å². The molecule has 1 aliphatic carbocycles. The van der Waals surface area contributed by atoms with E-state index in [1.807, 2.05) is 6.08 Å². The Labute approximate surface area is 180 Å².